The molecule has 0 amide bonds. The van der Waals surface area contributed by atoms with E-state index in [4.69, 9.17) is 9.15 Å². The van der Waals surface area contributed by atoms with E-state index in [-0.39, 0.29) is 6.10 Å². The minimum absolute atomic E-state index is 0.0118. The van der Waals surface area contributed by atoms with Gasteiger partial charge in [0.2, 0.25) is 11.8 Å². The van der Waals surface area contributed by atoms with Crippen LogP contribution in [0.15, 0.2) is 21.2 Å². The number of thiophene rings is 1. The summed E-state index contributed by atoms with van der Waals surface area (Å²) in [5.74, 6) is 1.84. The minimum Gasteiger partial charge on any atom is -0.423 e. The van der Waals surface area contributed by atoms with Gasteiger partial charge < -0.3 is 9.15 Å². The molecule has 2 aromatic heterocycles. The maximum Gasteiger partial charge on any atom is 0.245 e. The Morgan fingerprint density at radius 1 is 1.43 bits per heavy atom. The van der Waals surface area contributed by atoms with Crippen LogP contribution in [0.5, 0.6) is 0 Å². The molecule has 6 heteroatoms. The quantitative estimate of drug-likeness (QED) is 0.873. The Balaban J connectivity index is 1.40. The number of likely N-dealkylation sites (tertiary alicyclic amines) is 1. The van der Waals surface area contributed by atoms with Crippen molar-refractivity contribution in [3.8, 4) is 0 Å². The summed E-state index contributed by atoms with van der Waals surface area (Å²) in [6.45, 7) is 5.08. The summed E-state index contributed by atoms with van der Waals surface area (Å²) in [7, 11) is 0. The number of fused-ring (bicyclic) bond motifs is 1. The highest BCUT2D eigenvalue weighted by Gasteiger charge is 2.41. The first kappa shape index (κ1) is 13.4. The van der Waals surface area contributed by atoms with E-state index in [0.29, 0.717) is 23.8 Å². The van der Waals surface area contributed by atoms with E-state index < -0.39 is 0 Å². The molecule has 2 aliphatic rings. The van der Waals surface area contributed by atoms with Gasteiger partial charge in [0.05, 0.1) is 6.10 Å². The lowest BCUT2D eigenvalue weighted by Crippen LogP contribution is -2.40. The van der Waals surface area contributed by atoms with Gasteiger partial charge in [-0.2, -0.15) is 11.3 Å². The monoisotopic (exact) mass is 305 g/mol. The Hall–Kier alpha value is -1.24. The van der Waals surface area contributed by atoms with Crippen molar-refractivity contribution in [1.29, 1.82) is 0 Å². The average Bonchev–Trinajstić information content (AvgIpc) is 3.18. The van der Waals surface area contributed by atoms with Crippen LogP contribution in [0.1, 0.15) is 36.3 Å². The number of ether oxygens (including phenoxy) is 1. The molecule has 0 bridgehead atoms. The van der Waals surface area contributed by atoms with Crippen molar-refractivity contribution in [3.63, 3.8) is 0 Å². The van der Waals surface area contributed by atoms with Crippen molar-refractivity contribution in [1.82, 2.24) is 15.1 Å². The van der Waals surface area contributed by atoms with Crippen molar-refractivity contribution in [2.45, 2.75) is 38.5 Å². The summed E-state index contributed by atoms with van der Waals surface area (Å²) in [5.41, 5.74) is 1.42. The fraction of sp³-hybridized carbons (Fsp3) is 0.600. The van der Waals surface area contributed by atoms with E-state index in [1.165, 1.54) is 5.56 Å². The van der Waals surface area contributed by atoms with Gasteiger partial charge in [-0.15, -0.1) is 10.2 Å². The second-order valence-electron chi connectivity index (χ2n) is 5.97. The molecule has 0 spiro atoms. The molecule has 4 heterocycles. The van der Waals surface area contributed by atoms with Gasteiger partial charge in [-0.05, 0) is 35.2 Å². The lowest BCUT2D eigenvalue weighted by atomic mass is 9.92. The Morgan fingerprint density at radius 2 is 2.38 bits per heavy atom. The summed E-state index contributed by atoms with van der Waals surface area (Å²) in [6.07, 6.45) is 2.42. The van der Waals surface area contributed by atoms with Gasteiger partial charge in [0, 0.05) is 32.5 Å². The summed E-state index contributed by atoms with van der Waals surface area (Å²) in [4.78, 5) is 2.54. The highest BCUT2D eigenvalue weighted by molar-refractivity contribution is 7.07. The van der Waals surface area contributed by atoms with Crippen LogP contribution in [0.25, 0.3) is 0 Å². The first-order chi connectivity index (χ1) is 10.3. The van der Waals surface area contributed by atoms with Crippen LogP contribution < -0.4 is 0 Å². The van der Waals surface area contributed by atoms with Crippen LogP contribution in [0, 0.1) is 12.8 Å². The number of aromatic nitrogens is 2. The second-order valence-corrected chi connectivity index (χ2v) is 6.75. The summed E-state index contributed by atoms with van der Waals surface area (Å²) in [5, 5.41) is 12.4. The van der Waals surface area contributed by atoms with Gasteiger partial charge >= 0.3 is 0 Å². The van der Waals surface area contributed by atoms with Gasteiger partial charge in [0.1, 0.15) is 6.10 Å². The Kier molecular flexibility index (Phi) is 3.52. The molecule has 0 aromatic carbocycles. The van der Waals surface area contributed by atoms with Gasteiger partial charge in [-0.25, -0.2) is 0 Å². The molecule has 0 unspecified atom stereocenters. The molecule has 0 aliphatic carbocycles. The maximum atomic E-state index is 6.13. The molecule has 0 saturated carbocycles. The molecular formula is C15H19N3O2S. The molecule has 2 fully saturated rings. The van der Waals surface area contributed by atoms with Gasteiger partial charge in [0.15, 0.2) is 0 Å². The second kappa shape index (κ2) is 5.51. The number of nitrogens with zero attached hydrogens (tertiary/aromatic N) is 3. The average molecular weight is 305 g/mol. The number of hydrogen-bond donors (Lipinski definition) is 0. The van der Waals surface area contributed by atoms with E-state index in [1.807, 2.05) is 6.92 Å². The standard InChI is InChI=1S/C15H19N3O2S/c1-10-16-17-15(19-10)14-6-12-8-18(4-2-13(12)20-14)7-11-3-5-21-9-11/h3,5,9,12-14H,2,4,6-8H2,1H3/t12-,13-,14+/m1/s1. The Morgan fingerprint density at radius 3 is 3.14 bits per heavy atom. The highest BCUT2D eigenvalue weighted by atomic mass is 32.1. The predicted octanol–water partition coefficient (Wildman–Crippen LogP) is 2.79. The van der Waals surface area contributed by atoms with E-state index in [1.54, 1.807) is 11.3 Å². The zero-order valence-electron chi connectivity index (χ0n) is 12.1. The number of rotatable bonds is 3. The fourth-order valence-electron chi connectivity index (χ4n) is 3.42. The molecule has 21 heavy (non-hydrogen) atoms. The highest BCUT2D eigenvalue weighted by Crippen LogP contribution is 2.40. The molecule has 2 aromatic rings. The molecule has 0 N–H and O–H groups in total. The molecule has 112 valence electrons. The molecular weight excluding hydrogens is 286 g/mol. The van der Waals surface area contributed by atoms with E-state index in [9.17, 15) is 0 Å². The molecule has 5 nitrogen and oxygen atoms in total. The minimum atomic E-state index is -0.0118. The number of aryl methyl sites for hydroxylation is 1. The molecule has 2 aliphatic heterocycles. The summed E-state index contributed by atoms with van der Waals surface area (Å²) in [6, 6.07) is 2.21. The van der Waals surface area contributed by atoms with Crippen LogP contribution in [-0.4, -0.2) is 34.3 Å². The van der Waals surface area contributed by atoms with E-state index in [0.717, 1.165) is 32.5 Å². The fourth-order valence-corrected chi connectivity index (χ4v) is 4.08. The summed E-state index contributed by atoms with van der Waals surface area (Å²) >= 11 is 1.77. The zero-order valence-corrected chi connectivity index (χ0v) is 12.9. The van der Waals surface area contributed by atoms with Crippen LogP contribution in [0.3, 0.4) is 0 Å². The van der Waals surface area contributed by atoms with Gasteiger partial charge in [-0.1, -0.05) is 0 Å². The first-order valence-corrected chi connectivity index (χ1v) is 8.41. The van der Waals surface area contributed by atoms with Crippen LogP contribution in [0.2, 0.25) is 0 Å². The normalized spacial score (nSPS) is 29.7. The lowest BCUT2D eigenvalue weighted by molar-refractivity contribution is -0.00972. The SMILES string of the molecule is Cc1nnc([C@@H]2C[C@@H]3CN(Cc4ccsc4)CC[C@H]3O2)o1. The zero-order chi connectivity index (χ0) is 14.2. The Bertz CT molecular complexity index is 598. The molecule has 3 atom stereocenters. The molecule has 2 saturated heterocycles. The van der Waals surface area contributed by atoms with Crippen molar-refractivity contribution >= 4 is 11.3 Å². The van der Waals surface area contributed by atoms with E-state index in [2.05, 4.69) is 31.9 Å². The third-order valence-corrected chi connectivity index (χ3v) is 5.14. The van der Waals surface area contributed by atoms with Gasteiger partial charge in [0.25, 0.3) is 0 Å². The van der Waals surface area contributed by atoms with E-state index >= 15 is 0 Å². The third-order valence-electron chi connectivity index (χ3n) is 4.41. The van der Waals surface area contributed by atoms with Gasteiger partial charge in [-0.3, -0.25) is 4.90 Å². The van der Waals surface area contributed by atoms with Crippen molar-refractivity contribution in [2.75, 3.05) is 13.1 Å². The van der Waals surface area contributed by atoms with Crippen LogP contribution in [-0.2, 0) is 11.3 Å². The van der Waals surface area contributed by atoms with Crippen LogP contribution >= 0.6 is 11.3 Å². The number of hydrogen-bond acceptors (Lipinski definition) is 6. The smallest absolute Gasteiger partial charge is 0.245 e. The molecule has 0 radical (unpaired) electrons. The number of piperidine rings is 1. The topological polar surface area (TPSA) is 51.4 Å². The third kappa shape index (κ3) is 2.75. The lowest BCUT2D eigenvalue weighted by Gasteiger charge is -2.33. The predicted molar refractivity (Wildman–Crippen MR) is 79.0 cm³/mol. The van der Waals surface area contributed by atoms with Crippen LogP contribution in [0.4, 0.5) is 0 Å². The summed E-state index contributed by atoms with van der Waals surface area (Å²) < 4.78 is 11.7. The first-order valence-electron chi connectivity index (χ1n) is 7.47. The Labute approximate surface area is 127 Å². The van der Waals surface area contributed by atoms with Crippen molar-refractivity contribution < 1.29 is 9.15 Å². The van der Waals surface area contributed by atoms with Crippen molar-refractivity contribution in [3.05, 3.63) is 34.2 Å². The molecule has 4 rings (SSSR count). The largest absolute Gasteiger partial charge is 0.423 e. The van der Waals surface area contributed by atoms with Crippen molar-refractivity contribution in [2.24, 2.45) is 5.92 Å². The maximum absolute atomic E-state index is 6.13.